The zero-order chi connectivity index (χ0) is 22.7. The lowest BCUT2D eigenvalue weighted by atomic mass is 9.86. The van der Waals surface area contributed by atoms with E-state index in [2.05, 4.69) is 11.0 Å². The molecule has 1 aliphatic heterocycles. The number of anilines is 1. The fraction of sp³-hybridized carbons (Fsp3) is 0.280. The van der Waals surface area contributed by atoms with Crippen LogP contribution in [-0.2, 0) is 22.9 Å². The van der Waals surface area contributed by atoms with Gasteiger partial charge < -0.3 is 11.5 Å². The summed E-state index contributed by atoms with van der Waals surface area (Å²) in [6, 6.07) is 19.5. The molecule has 0 unspecified atom stereocenters. The van der Waals surface area contributed by atoms with Gasteiger partial charge in [-0.2, -0.15) is 0 Å². The Bertz CT molecular complexity index is 1170. The first-order valence-electron chi connectivity index (χ1n) is 10.8. The molecule has 0 spiro atoms. The van der Waals surface area contributed by atoms with Crippen LogP contribution < -0.4 is 11.5 Å². The van der Waals surface area contributed by atoms with Crippen molar-refractivity contribution in [2.24, 2.45) is 5.73 Å². The molecule has 0 atom stereocenters. The van der Waals surface area contributed by atoms with E-state index in [-0.39, 0.29) is 4.90 Å². The highest BCUT2D eigenvalue weighted by Crippen LogP contribution is 2.32. The minimum atomic E-state index is -3.55. The van der Waals surface area contributed by atoms with E-state index in [4.69, 9.17) is 23.1 Å². The maximum atomic E-state index is 12.8. The first kappa shape index (κ1) is 22.8. The molecule has 0 aliphatic carbocycles. The van der Waals surface area contributed by atoms with Crippen LogP contribution in [0.4, 0.5) is 5.69 Å². The fourth-order valence-electron chi connectivity index (χ4n) is 4.36. The molecule has 0 saturated carbocycles. The van der Waals surface area contributed by atoms with Gasteiger partial charge in [0.1, 0.15) is 0 Å². The summed E-state index contributed by atoms with van der Waals surface area (Å²) in [6.07, 6.45) is 2.11. The zero-order valence-corrected chi connectivity index (χ0v) is 19.4. The Morgan fingerprint density at radius 3 is 2.09 bits per heavy atom. The van der Waals surface area contributed by atoms with Crippen molar-refractivity contribution in [3.63, 3.8) is 0 Å². The molecule has 1 heterocycles. The molecule has 1 saturated heterocycles. The van der Waals surface area contributed by atoms with Gasteiger partial charge in [-0.1, -0.05) is 29.8 Å². The largest absolute Gasteiger partial charge is 0.399 e. The van der Waals surface area contributed by atoms with Gasteiger partial charge in [-0.15, -0.1) is 0 Å². The van der Waals surface area contributed by atoms with Gasteiger partial charge in [-0.25, -0.2) is 8.42 Å². The Balaban J connectivity index is 1.39. The number of nitrogens with zero attached hydrogens (tertiary/aromatic N) is 1. The summed E-state index contributed by atoms with van der Waals surface area (Å²) < 4.78 is 25.6. The van der Waals surface area contributed by atoms with Gasteiger partial charge in [0.05, 0.1) is 9.79 Å². The van der Waals surface area contributed by atoms with Crippen molar-refractivity contribution >= 4 is 27.1 Å². The molecule has 7 heteroatoms. The molecule has 5 nitrogen and oxygen atoms in total. The van der Waals surface area contributed by atoms with Crippen molar-refractivity contribution < 1.29 is 8.42 Å². The van der Waals surface area contributed by atoms with Crippen LogP contribution in [0.3, 0.4) is 0 Å². The zero-order valence-electron chi connectivity index (χ0n) is 17.9. The molecule has 1 fully saturated rings. The van der Waals surface area contributed by atoms with Crippen molar-refractivity contribution in [3.05, 3.63) is 88.4 Å². The Morgan fingerprint density at radius 2 is 1.50 bits per heavy atom. The molecular formula is C25H28ClN3O2S. The minimum Gasteiger partial charge on any atom is -0.399 e. The van der Waals surface area contributed by atoms with Gasteiger partial charge in [0.2, 0.25) is 9.84 Å². The second-order valence-corrected chi connectivity index (χ2v) is 10.7. The Labute approximate surface area is 194 Å². The Kier molecular flexibility index (Phi) is 6.86. The van der Waals surface area contributed by atoms with E-state index in [9.17, 15) is 8.42 Å². The van der Waals surface area contributed by atoms with Crippen LogP contribution in [0.5, 0.6) is 0 Å². The predicted molar refractivity (Wildman–Crippen MR) is 129 cm³/mol. The summed E-state index contributed by atoms with van der Waals surface area (Å²) in [7, 11) is -3.55. The summed E-state index contributed by atoms with van der Waals surface area (Å²) in [5, 5.41) is 0.512. The van der Waals surface area contributed by atoms with Crippen molar-refractivity contribution in [3.8, 4) is 0 Å². The van der Waals surface area contributed by atoms with Crippen LogP contribution in [0.2, 0.25) is 5.02 Å². The lowest BCUT2D eigenvalue weighted by Gasteiger charge is -2.33. The highest BCUT2D eigenvalue weighted by atomic mass is 35.5. The lowest BCUT2D eigenvalue weighted by molar-refractivity contribution is 0.204. The first-order chi connectivity index (χ1) is 15.4. The standard InChI is InChI=1S/C25H28ClN3O2S/c26-21-4-9-24(10-5-21)32(30,31)23-7-1-18(2-8-23)17-29-13-11-19(12-14-29)25-15-22(28)6-3-20(25)16-27/h1-10,15,19H,11-14,16-17,27-28H2. The maximum Gasteiger partial charge on any atom is 0.206 e. The van der Waals surface area contributed by atoms with Gasteiger partial charge in [0, 0.05) is 23.8 Å². The predicted octanol–water partition coefficient (Wildman–Crippen LogP) is 4.59. The van der Waals surface area contributed by atoms with Gasteiger partial charge in [0.25, 0.3) is 0 Å². The Morgan fingerprint density at radius 1 is 0.906 bits per heavy atom. The van der Waals surface area contributed by atoms with E-state index in [1.54, 1.807) is 24.3 Å². The van der Waals surface area contributed by atoms with Crippen LogP contribution in [0, 0.1) is 0 Å². The molecule has 0 radical (unpaired) electrons. The third-order valence-corrected chi connectivity index (χ3v) is 8.22. The molecule has 168 valence electrons. The molecule has 0 bridgehead atoms. The number of halogens is 1. The number of benzene rings is 3. The van der Waals surface area contributed by atoms with Crippen LogP contribution in [0.25, 0.3) is 0 Å². The topological polar surface area (TPSA) is 89.4 Å². The van der Waals surface area contributed by atoms with E-state index < -0.39 is 9.84 Å². The number of piperidine rings is 1. The molecule has 4 rings (SSSR count). The highest BCUT2D eigenvalue weighted by Gasteiger charge is 2.23. The van der Waals surface area contributed by atoms with Gasteiger partial charge in [0.15, 0.2) is 0 Å². The fourth-order valence-corrected chi connectivity index (χ4v) is 5.75. The molecule has 3 aromatic carbocycles. The second kappa shape index (κ2) is 9.63. The lowest BCUT2D eigenvalue weighted by Crippen LogP contribution is -2.32. The molecule has 0 aromatic heterocycles. The summed E-state index contributed by atoms with van der Waals surface area (Å²) in [5.74, 6) is 0.472. The Hall–Kier alpha value is -2.38. The summed E-state index contributed by atoms with van der Waals surface area (Å²) >= 11 is 5.88. The third kappa shape index (κ3) is 4.99. The van der Waals surface area contributed by atoms with E-state index >= 15 is 0 Å². The molecular weight excluding hydrogens is 442 g/mol. The van der Waals surface area contributed by atoms with Crippen LogP contribution in [0.15, 0.2) is 76.5 Å². The molecule has 0 amide bonds. The number of hydrogen-bond donors (Lipinski definition) is 2. The normalized spacial score (nSPS) is 15.7. The van der Waals surface area contributed by atoms with E-state index in [0.29, 0.717) is 22.4 Å². The molecule has 1 aliphatic rings. The number of hydrogen-bond acceptors (Lipinski definition) is 5. The number of sulfone groups is 1. The quantitative estimate of drug-likeness (QED) is 0.515. The average Bonchev–Trinajstić information content (AvgIpc) is 2.80. The SMILES string of the molecule is NCc1ccc(N)cc1C1CCN(Cc2ccc(S(=O)(=O)c3ccc(Cl)cc3)cc2)CC1. The molecule has 3 aromatic rings. The summed E-state index contributed by atoms with van der Waals surface area (Å²) in [5.41, 5.74) is 16.3. The van der Waals surface area contributed by atoms with Crippen molar-refractivity contribution in [2.75, 3.05) is 18.8 Å². The number of nitrogens with two attached hydrogens (primary N) is 2. The van der Waals surface area contributed by atoms with Crippen LogP contribution >= 0.6 is 11.6 Å². The molecule has 4 N–H and O–H groups in total. The number of nitrogen functional groups attached to an aromatic ring is 1. The van der Waals surface area contributed by atoms with E-state index in [1.165, 1.54) is 23.3 Å². The highest BCUT2D eigenvalue weighted by molar-refractivity contribution is 7.91. The molecule has 32 heavy (non-hydrogen) atoms. The summed E-state index contributed by atoms with van der Waals surface area (Å²) in [6.45, 7) is 3.29. The number of likely N-dealkylation sites (tertiary alicyclic amines) is 1. The smallest absolute Gasteiger partial charge is 0.206 e. The van der Waals surface area contributed by atoms with E-state index in [0.717, 1.165) is 43.7 Å². The van der Waals surface area contributed by atoms with Crippen molar-refractivity contribution in [2.45, 2.75) is 41.6 Å². The van der Waals surface area contributed by atoms with Crippen LogP contribution in [0.1, 0.15) is 35.4 Å². The number of rotatable bonds is 6. The van der Waals surface area contributed by atoms with Crippen molar-refractivity contribution in [1.29, 1.82) is 0 Å². The average molecular weight is 470 g/mol. The second-order valence-electron chi connectivity index (χ2n) is 8.31. The first-order valence-corrected chi connectivity index (χ1v) is 12.6. The maximum absolute atomic E-state index is 12.8. The minimum absolute atomic E-state index is 0.245. The van der Waals surface area contributed by atoms with E-state index in [1.807, 2.05) is 24.3 Å². The van der Waals surface area contributed by atoms with Crippen LogP contribution in [-0.4, -0.2) is 26.4 Å². The van der Waals surface area contributed by atoms with Gasteiger partial charge >= 0.3 is 0 Å². The van der Waals surface area contributed by atoms with Gasteiger partial charge in [-0.05, 0) is 97.1 Å². The third-order valence-electron chi connectivity index (χ3n) is 6.18. The monoisotopic (exact) mass is 469 g/mol. The summed E-state index contributed by atoms with van der Waals surface area (Å²) in [4.78, 5) is 2.95. The van der Waals surface area contributed by atoms with Crippen molar-refractivity contribution in [1.82, 2.24) is 4.90 Å². The van der Waals surface area contributed by atoms with Gasteiger partial charge in [-0.3, -0.25) is 4.90 Å².